The van der Waals surface area contributed by atoms with E-state index < -0.39 is 0 Å². The van der Waals surface area contributed by atoms with Crippen LogP contribution in [0.3, 0.4) is 0 Å². The molecule has 1 fully saturated rings. The van der Waals surface area contributed by atoms with Crippen LogP contribution in [-0.2, 0) is 0 Å². The minimum Gasteiger partial charge on any atom is -0.168 e. The van der Waals surface area contributed by atoms with Crippen molar-refractivity contribution >= 4 is 12.6 Å². The van der Waals surface area contributed by atoms with Crippen LogP contribution >= 0.6 is 12.6 Å². The van der Waals surface area contributed by atoms with Crippen molar-refractivity contribution in [2.45, 2.75) is 25.0 Å². The van der Waals surface area contributed by atoms with Gasteiger partial charge in [-0.15, -0.1) is 0 Å². The number of rotatable bonds is 0. The van der Waals surface area contributed by atoms with E-state index in [1.54, 1.807) is 0 Å². The first-order valence-electron chi connectivity index (χ1n) is 2.55. The van der Waals surface area contributed by atoms with Crippen LogP contribution in [0.1, 0.15) is 20.3 Å². The van der Waals surface area contributed by atoms with Crippen molar-refractivity contribution in [1.82, 2.24) is 0 Å². The maximum atomic E-state index is 4.34. The van der Waals surface area contributed by atoms with Crippen molar-refractivity contribution in [2.75, 3.05) is 0 Å². The Morgan fingerprint density at radius 2 is 2.29 bits per heavy atom. The number of hydrogen-bond donors (Lipinski definition) is 1. The molecule has 0 aromatic rings. The van der Waals surface area contributed by atoms with Crippen molar-refractivity contribution in [3.63, 3.8) is 0 Å². The molecule has 0 bridgehead atoms. The van der Waals surface area contributed by atoms with Gasteiger partial charge in [0.1, 0.15) is 0 Å². The third kappa shape index (κ3) is 0.828. The fourth-order valence-corrected chi connectivity index (χ4v) is 1.04. The smallest absolute Gasteiger partial charge is 0.0347 e. The van der Waals surface area contributed by atoms with Gasteiger partial charge in [-0.1, -0.05) is 11.6 Å². The lowest BCUT2D eigenvalue weighted by Gasteiger charge is -1.88. The Hall–Kier alpha value is 0.0900. The molecule has 0 amide bonds. The molecule has 1 aliphatic rings. The van der Waals surface area contributed by atoms with E-state index in [1.165, 1.54) is 12.0 Å². The Morgan fingerprint density at radius 1 is 1.86 bits per heavy atom. The topological polar surface area (TPSA) is 0 Å². The lowest BCUT2D eigenvalue weighted by molar-refractivity contribution is 1.10. The van der Waals surface area contributed by atoms with Gasteiger partial charge in [0.25, 0.3) is 0 Å². The van der Waals surface area contributed by atoms with E-state index in [1.807, 2.05) is 0 Å². The van der Waals surface area contributed by atoms with Crippen molar-refractivity contribution in [3.05, 3.63) is 11.6 Å². The Kier molecular flexibility index (Phi) is 0.959. The zero-order valence-corrected chi connectivity index (χ0v) is 5.63. The fourth-order valence-electron chi connectivity index (χ4n) is 0.740. The summed E-state index contributed by atoms with van der Waals surface area (Å²) >= 11 is 4.34. The summed E-state index contributed by atoms with van der Waals surface area (Å²) in [5.74, 6) is 0. The van der Waals surface area contributed by atoms with E-state index in [0.29, 0.717) is 0 Å². The van der Waals surface area contributed by atoms with Crippen LogP contribution in [-0.4, -0.2) is 4.75 Å². The highest BCUT2D eigenvalue weighted by Gasteiger charge is 2.39. The molecule has 7 heavy (non-hydrogen) atoms. The van der Waals surface area contributed by atoms with Gasteiger partial charge in [-0.2, -0.15) is 12.6 Å². The lowest BCUT2D eigenvalue weighted by Crippen LogP contribution is -1.83. The van der Waals surface area contributed by atoms with Gasteiger partial charge in [0.2, 0.25) is 0 Å². The third-order valence-electron chi connectivity index (χ3n) is 1.45. The van der Waals surface area contributed by atoms with E-state index in [2.05, 4.69) is 32.6 Å². The molecule has 0 nitrogen and oxygen atoms in total. The second kappa shape index (κ2) is 1.28. The summed E-state index contributed by atoms with van der Waals surface area (Å²) in [5.41, 5.74) is 1.48. The molecule has 0 N–H and O–H groups in total. The van der Waals surface area contributed by atoms with E-state index in [4.69, 9.17) is 0 Å². The summed E-state index contributed by atoms with van der Waals surface area (Å²) in [4.78, 5) is 0. The lowest BCUT2D eigenvalue weighted by atomic mass is 10.4. The monoisotopic (exact) mass is 114 g/mol. The predicted molar refractivity (Wildman–Crippen MR) is 35.8 cm³/mol. The van der Waals surface area contributed by atoms with Crippen LogP contribution in [0.25, 0.3) is 0 Å². The maximum absolute atomic E-state index is 4.34. The first-order chi connectivity index (χ1) is 3.17. The summed E-state index contributed by atoms with van der Waals surface area (Å²) < 4.78 is 0.273. The molecule has 1 saturated carbocycles. The van der Waals surface area contributed by atoms with Crippen LogP contribution in [0.4, 0.5) is 0 Å². The molecule has 0 heterocycles. The quantitative estimate of drug-likeness (QED) is 0.361. The van der Waals surface area contributed by atoms with Gasteiger partial charge >= 0.3 is 0 Å². The van der Waals surface area contributed by atoms with Crippen molar-refractivity contribution < 1.29 is 0 Å². The summed E-state index contributed by atoms with van der Waals surface area (Å²) in [6.07, 6.45) is 3.33. The summed E-state index contributed by atoms with van der Waals surface area (Å²) in [6.45, 7) is 4.21. The third-order valence-corrected chi connectivity index (χ3v) is 1.90. The molecule has 0 saturated heterocycles. The Labute approximate surface area is 50.0 Å². The fraction of sp³-hybridized carbons (Fsp3) is 0.667. The van der Waals surface area contributed by atoms with Crippen molar-refractivity contribution in [3.8, 4) is 0 Å². The maximum Gasteiger partial charge on any atom is 0.0347 e. The first kappa shape index (κ1) is 5.23. The Morgan fingerprint density at radius 3 is 2.29 bits per heavy atom. The molecule has 0 aliphatic heterocycles. The zero-order chi connectivity index (χ0) is 5.49. The second-order valence-electron chi connectivity index (χ2n) is 2.26. The van der Waals surface area contributed by atoms with Crippen LogP contribution in [0.2, 0.25) is 0 Å². The normalized spacial score (nSPS) is 44.7. The molecule has 1 atom stereocenters. The van der Waals surface area contributed by atoms with Gasteiger partial charge < -0.3 is 0 Å². The van der Waals surface area contributed by atoms with Crippen LogP contribution in [0.5, 0.6) is 0 Å². The second-order valence-corrected chi connectivity index (χ2v) is 3.25. The van der Waals surface area contributed by atoms with Crippen molar-refractivity contribution in [1.29, 1.82) is 0 Å². The van der Waals surface area contributed by atoms with Crippen LogP contribution < -0.4 is 0 Å². The molecule has 1 heteroatoms. The number of hydrogen-bond acceptors (Lipinski definition) is 1. The molecule has 1 unspecified atom stereocenters. The molecule has 1 rings (SSSR count). The summed E-state index contributed by atoms with van der Waals surface area (Å²) in [5, 5.41) is 0. The molecule has 1 aliphatic carbocycles. The molecular weight excluding hydrogens is 104 g/mol. The molecule has 0 radical (unpaired) electrons. The molecule has 0 spiro atoms. The number of thiol groups is 1. The van der Waals surface area contributed by atoms with Crippen LogP contribution in [0, 0.1) is 0 Å². The van der Waals surface area contributed by atoms with Gasteiger partial charge in [0.15, 0.2) is 0 Å². The Bertz CT molecular complexity index is 111. The van der Waals surface area contributed by atoms with Gasteiger partial charge in [-0.25, -0.2) is 0 Å². The molecule has 0 aromatic carbocycles. The minimum absolute atomic E-state index is 0.273. The highest BCUT2D eigenvalue weighted by atomic mass is 32.1. The van der Waals surface area contributed by atoms with E-state index in [0.717, 1.165) is 0 Å². The molecular formula is C6H10S. The summed E-state index contributed by atoms with van der Waals surface area (Å²) in [6, 6.07) is 0. The van der Waals surface area contributed by atoms with E-state index >= 15 is 0 Å². The average molecular weight is 114 g/mol. The van der Waals surface area contributed by atoms with Crippen LogP contribution in [0.15, 0.2) is 11.6 Å². The summed E-state index contributed by atoms with van der Waals surface area (Å²) in [7, 11) is 0. The molecule has 0 aromatic heterocycles. The van der Waals surface area contributed by atoms with Gasteiger partial charge in [0.05, 0.1) is 0 Å². The zero-order valence-electron chi connectivity index (χ0n) is 4.73. The SMILES string of the molecule is C/C=C1\CC1(C)S. The largest absolute Gasteiger partial charge is 0.168 e. The standard InChI is InChI=1S/C6H10S/c1-3-5-4-6(5,2)7/h3,7H,4H2,1-2H3/b5-3+. The predicted octanol–water partition coefficient (Wildman–Crippen LogP) is 2.02. The average Bonchev–Trinajstić information content (AvgIpc) is 2.13. The van der Waals surface area contributed by atoms with Gasteiger partial charge in [-0.3, -0.25) is 0 Å². The minimum atomic E-state index is 0.273. The van der Waals surface area contributed by atoms with E-state index in [-0.39, 0.29) is 4.75 Å². The highest BCUT2D eigenvalue weighted by Crippen LogP contribution is 2.47. The van der Waals surface area contributed by atoms with Gasteiger partial charge in [-0.05, 0) is 20.3 Å². The van der Waals surface area contributed by atoms with Gasteiger partial charge in [0, 0.05) is 4.75 Å². The van der Waals surface area contributed by atoms with E-state index in [9.17, 15) is 0 Å². The highest BCUT2D eigenvalue weighted by molar-refractivity contribution is 7.82. The first-order valence-corrected chi connectivity index (χ1v) is 2.99. The van der Waals surface area contributed by atoms with Crippen molar-refractivity contribution in [2.24, 2.45) is 0 Å². The molecule has 40 valence electrons. The number of allylic oxidation sites excluding steroid dienone is 1. The Balaban J connectivity index is 2.61.